The Bertz CT molecular complexity index is 178. The van der Waals surface area contributed by atoms with E-state index >= 15 is 0 Å². The maximum atomic E-state index is 3.59. The molecule has 0 amide bonds. The van der Waals surface area contributed by atoms with Crippen LogP contribution in [-0.4, -0.2) is 13.1 Å². The lowest BCUT2D eigenvalue weighted by Gasteiger charge is -2.34. The van der Waals surface area contributed by atoms with E-state index in [2.05, 4.69) is 26.2 Å². The second kappa shape index (κ2) is 8.97. The zero-order chi connectivity index (χ0) is 12.5. The number of hydrogen-bond acceptors (Lipinski definition) is 1. The molecule has 0 aromatic heterocycles. The first kappa shape index (κ1) is 15.0. The highest BCUT2D eigenvalue weighted by Gasteiger charge is 2.26. The van der Waals surface area contributed by atoms with Gasteiger partial charge in [-0.25, -0.2) is 0 Å². The monoisotopic (exact) mass is 239 g/mol. The molecule has 102 valence electrons. The zero-order valence-electron chi connectivity index (χ0n) is 12.3. The molecule has 1 fully saturated rings. The molecule has 3 unspecified atom stereocenters. The third-order valence-corrected chi connectivity index (χ3v) is 4.71. The molecule has 1 aliphatic rings. The lowest BCUT2D eigenvalue weighted by molar-refractivity contribution is 0.205. The van der Waals surface area contributed by atoms with Gasteiger partial charge in [-0.15, -0.1) is 0 Å². The molecular weight excluding hydrogens is 206 g/mol. The Balaban J connectivity index is 2.27. The van der Waals surface area contributed by atoms with Crippen LogP contribution in [0.3, 0.4) is 0 Å². The second-order valence-corrected chi connectivity index (χ2v) is 5.95. The van der Waals surface area contributed by atoms with Crippen LogP contribution in [0.25, 0.3) is 0 Å². The van der Waals surface area contributed by atoms with Crippen molar-refractivity contribution in [3.05, 3.63) is 0 Å². The summed E-state index contributed by atoms with van der Waals surface area (Å²) in [5.74, 6) is 1.97. The maximum absolute atomic E-state index is 3.59. The predicted molar refractivity (Wildman–Crippen MR) is 77.3 cm³/mol. The summed E-state index contributed by atoms with van der Waals surface area (Å²) in [6.45, 7) is 4.66. The van der Waals surface area contributed by atoms with Gasteiger partial charge >= 0.3 is 0 Å². The fourth-order valence-electron chi connectivity index (χ4n) is 3.48. The minimum Gasteiger partial charge on any atom is -0.317 e. The van der Waals surface area contributed by atoms with Crippen molar-refractivity contribution in [3.8, 4) is 0 Å². The van der Waals surface area contributed by atoms with Crippen molar-refractivity contribution in [2.24, 2.45) is 11.8 Å². The van der Waals surface area contributed by atoms with Gasteiger partial charge in [-0.1, -0.05) is 58.8 Å². The van der Waals surface area contributed by atoms with E-state index in [0.717, 1.165) is 17.9 Å². The van der Waals surface area contributed by atoms with Crippen molar-refractivity contribution < 1.29 is 0 Å². The highest BCUT2D eigenvalue weighted by Crippen LogP contribution is 2.34. The SMILES string of the molecule is CCCCCCC(NC)C1CCCC(CC)C1. The van der Waals surface area contributed by atoms with E-state index in [1.807, 2.05) is 0 Å². The van der Waals surface area contributed by atoms with Crippen molar-refractivity contribution in [2.75, 3.05) is 7.05 Å². The first-order chi connectivity index (χ1) is 8.31. The topological polar surface area (TPSA) is 12.0 Å². The molecule has 0 aliphatic heterocycles. The standard InChI is InChI=1S/C16H33N/c1-4-6-7-8-12-16(17-3)15-11-9-10-14(5-2)13-15/h14-17H,4-13H2,1-3H3. The third-order valence-electron chi connectivity index (χ3n) is 4.71. The number of unbranched alkanes of at least 4 members (excludes halogenated alkanes) is 3. The molecule has 1 saturated carbocycles. The number of nitrogens with one attached hydrogen (secondary N) is 1. The zero-order valence-corrected chi connectivity index (χ0v) is 12.3. The van der Waals surface area contributed by atoms with Crippen LogP contribution in [-0.2, 0) is 0 Å². The van der Waals surface area contributed by atoms with Crippen molar-refractivity contribution in [3.63, 3.8) is 0 Å². The van der Waals surface area contributed by atoms with E-state index in [0.29, 0.717) is 0 Å². The minimum atomic E-state index is 0.793. The fourth-order valence-corrected chi connectivity index (χ4v) is 3.48. The molecule has 1 aliphatic carbocycles. The van der Waals surface area contributed by atoms with Gasteiger partial charge in [0.15, 0.2) is 0 Å². The van der Waals surface area contributed by atoms with E-state index < -0.39 is 0 Å². The average molecular weight is 239 g/mol. The molecule has 17 heavy (non-hydrogen) atoms. The molecule has 0 radical (unpaired) electrons. The average Bonchev–Trinajstić information content (AvgIpc) is 2.39. The van der Waals surface area contributed by atoms with Gasteiger partial charge in [-0.05, 0) is 38.1 Å². The highest BCUT2D eigenvalue weighted by molar-refractivity contribution is 4.81. The summed E-state index contributed by atoms with van der Waals surface area (Å²) < 4.78 is 0. The Hall–Kier alpha value is -0.0400. The first-order valence-corrected chi connectivity index (χ1v) is 7.99. The molecule has 0 heterocycles. The summed E-state index contributed by atoms with van der Waals surface area (Å²) in [5, 5.41) is 3.59. The van der Waals surface area contributed by atoms with Crippen LogP contribution >= 0.6 is 0 Å². The summed E-state index contributed by atoms with van der Waals surface area (Å²) in [6, 6.07) is 0.793. The first-order valence-electron chi connectivity index (χ1n) is 7.99. The summed E-state index contributed by atoms with van der Waals surface area (Å²) in [6.07, 6.45) is 14.3. The molecule has 0 saturated heterocycles. The van der Waals surface area contributed by atoms with Gasteiger partial charge in [0, 0.05) is 6.04 Å². The van der Waals surface area contributed by atoms with Gasteiger partial charge in [0.1, 0.15) is 0 Å². The van der Waals surface area contributed by atoms with E-state index in [1.54, 1.807) is 0 Å². The second-order valence-electron chi connectivity index (χ2n) is 5.95. The summed E-state index contributed by atoms with van der Waals surface area (Å²) in [4.78, 5) is 0. The van der Waals surface area contributed by atoms with Gasteiger partial charge in [0.2, 0.25) is 0 Å². The molecule has 0 aromatic carbocycles. The molecule has 1 nitrogen and oxygen atoms in total. The van der Waals surface area contributed by atoms with Gasteiger partial charge in [-0.3, -0.25) is 0 Å². The molecular formula is C16H33N. The predicted octanol–water partition coefficient (Wildman–Crippen LogP) is 4.76. The lowest BCUT2D eigenvalue weighted by Crippen LogP contribution is -2.36. The molecule has 0 aromatic rings. The maximum Gasteiger partial charge on any atom is 0.00924 e. The Labute approximate surface area is 109 Å². The van der Waals surface area contributed by atoms with Crippen LogP contribution in [0, 0.1) is 11.8 Å². The van der Waals surface area contributed by atoms with Crippen molar-refractivity contribution in [2.45, 2.75) is 84.1 Å². The van der Waals surface area contributed by atoms with Crippen LogP contribution in [0.4, 0.5) is 0 Å². The molecule has 1 heteroatoms. The summed E-state index contributed by atoms with van der Waals surface area (Å²) in [7, 11) is 2.17. The van der Waals surface area contributed by atoms with E-state index in [1.165, 1.54) is 64.2 Å². The quantitative estimate of drug-likeness (QED) is 0.602. The van der Waals surface area contributed by atoms with Crippen LogP contribution in [0.1, 0.15) is 78.1 Å². The summed E-state index contributed by atoms with van der Waals surface area (Å²) >= 11 is 0. The Kier molecular flexibility index (Phi) is 7.92. The van der Waals surface area contributed by atoms with E-state index in [-0.39, 0.29) is 0 Å². The minimum absolute atomic E-state index is 0.793. The third kappa shape index (κ3) is 5.42. The van der Waals surface area contributed by atoms with Crippen molar-refractivity contribution in [1.82, 2.24) is 5.32 Å². The van der Waals surface area contributed by atoms with Crippen molar-refractivity contribution in [1.29, 1.82) is 0 Å². The normalized spacial score (nSPS) is 27.0. The molecule has 1 rings (SSSR count). The summed E-state index contributed by atoms with van der Waals surface area (Å²) in [5.41, 5.74) is 0. The van der Waals surface area contributed by atoms with Crippen LogP contribution in [0.5, 0.6) is 0 Å². The van der Waals surface area contributed by atoms with Gasteiger partial charge in [0.05, 0.1) is 0 Å². The number of hydrogen-bond donors (Lipinski definition) is 1. The smallest absolute Gasteiger partial charge is 0.00924 e. The molecule has 1 N–H and O–H groups in total. The molecule has 0 bridgehead atoms. The number of rotatable bonds is 8. The van der Waals surface area contributed by atoms with Crippen LogP contribution in [0.2, 0.25) is 0 Å². The lowest BCUT2D eigenvalue weighted by atomic mass is 9.76. The largest absolute Gasteiger partial charge is 0.317 e. The molecule has 0 spiro atoms. The fraction of sp³-hybridized carbons (Fsp3) is 1.00. The molecule has 3 atom stereocenters. The Morgan fingerprint density at radius 3 is 2.59 bits per heavy atom. The van der Waals surface area contributed by atoms with Gasteiger partial charge < -0.3 is 5.32 Å². The van der Waals surface area contributed by atoms with Crippen molar-refractivity contribution >= 4 is 0 Å². The van der Waals surface area contributed by atoms with Gasteiger partial charge in [-0.2, -0.15) is 0 Å². The Morgan fingerprint density at radius 2 is 1.94 bits per heavy atom. The van der Waals surface area contributed by atoms with E-state index in [4.69, 9.17) is 0 Å². The highest BCUT2D eigenvalue weighted by atomic mass is 14.9. The van der Waals surface area contributed by atoms with E-state index in [9.17, 15) is 0 Å². The Morgan fingerprint density at radius 1 is 1.12 bits per heavy atom. The van der Waals surface area contributed by atoms with Crippen LogP contribution in [0.15, 0.2) is 0 Å². The van der Waals surface area contributed by atoms with Crippen LogP contribution < -0.4 is 5.32 Å². The van der Waals surface area contributed by atoms with Gasteiger partial charge in [0.25, 0.3) is 0 Å².